The van der Waals surface area contributed by atoms with Crippen molar-refractivity contribution in [3.8, 4) is 0 Å². The van der Waals surface area contributed by atoms with Crippen LogP contribution in [0.1, 0.15) is 46.5 Å². The molecule has 0 fully saturated rings. The smallest absolute Gasteiger partial charge is 0.323 e. The predicted molar refractivity (Wildman–Crippen MR) is 56.5 cm³/mol. The van der Waals surface area contributed by atoms with E-state index in [1.807, 2.05) is 6.92 Å². The zero-order valence-electron chi connectivity index (χ0n) is 9.71. The molecule has 4 heteroatoms. The first-order valence-corrected chi connectivity index (χ1v) is 5.45. The molecule has 0 saturated heterocycles. The third kappa shape index (κ3) is 3.22. The van der Waals surface area contributed by atoms with Crippen molar-refractivity contribution in [3.63, 3.8) is 0 Å². The van der Waals surface area contributed by atoms with Gasteiger partial charge in [0.2, 0.25) is 0 Å². The van der Waals surface area contributed by atoms with E-state index < -0.39 is 17.4 Å². The number of hydrogen-bond donors (Lipinski definition) is 1. The number of carboxylic acids is 1. The fourth-order valence-electron chi connectivity index (χ4n) is 1.38. The van der Waals surface area contributed by atoms with Crippen molar-refractivity contribution < 1.29 is 19.4 Å². The van der Waals surface area contributed by atoms with Gasteiger partial charge in [-0.1, -0.05) is 27.2 Å². The van der Waals surface area contributed by atoms with Crippen LogP contribution in [0, 0.1) is 5.41 Å². The summed E-state index contributed by atoms with van der Waals surface area (Å²) in [5.41, 5.74) is -1.35. The monoisotopic (exact) mass is 216 g/mol. The molecule has 0 unspecified atom stereocenters. The summed E-state index contributed by atoms with van der Waals surface area (Å²) in [5, 5.41) is 9.05. The summed E-state index contributed by atoms with van der Waals surface area (Å²) in [4.78, 5) is 22.7. The van der Waals surface area contributed by atoms with Crippen LogP contribution in [-0.2, 0) is 14.3 Å². The first kappa shape index (κ1) is 13.9. The SMILES string of the molecule is CCCCOC(=O)C(CC)(CC)C(=O)O. The van der Waals surface area contributed by atoms with E-state index in [9.17, 15) is 9.59 Å². The van der Waals surface area contributed by atoms with E-state index in [4.69, 9.17) is 9.84 Å². The van der Waals surface area contributed by atoms with Crippen LogP contribution in [0.25, 0.3) is 0 Å². The Bertz CT molecular complexity index is 219. The van der Waals surface area contributed by atoms with Crippen LogP contribution >= 0.6 is 0 Å². The van der Waals surface area contributed by atoms with Gasteiger partial charge in [-0.3, -0.25) is 9.59 Å². The number of ether oxygens (including phenoxy) is 1. The molecular weight excluding hydrogens is 196 g/mol. The molecule has 0 amide bonds. The number of carbonyl (C=O) groups is 2. The summed E-state index contributed by atoms with van der Waals surface area (Å²) in [6.45, 7) is 5.68. The van der Waals surface area contributed by atoms with Crippen molar-refractivity contribution in [2.24, 2.45) is 5.41 Å². The summed E-state index contributed by atoms with van der Waals surface area (Å²) in [5.74, 6) is -1.69. The van der Waals surface area contributed by atoms with Crippen LogP contribution < -0.4 is 0 Å². The fourth-order valence-corrected chi connectivity index (χ4v) is 1.38. The molecule has 0 spiro atoms. The van der Waals surface area contributed by atoms with E-state index in [1.165, 1.54) is 0 Å². The third-order valence-corrected chi connectivity index (χ3v) is 2.74. The Labute approximate surface area is 90.6 Å². The van der Waals surface area contributed by atoms with Gasteiger partial charge in [0.25, 0.3) is 0 Å². The van der Waals surface area contributed by atoms with Gasteiger partial charge in [-0.15, -0.1) is 0 Å². The summed E-state index contributed by atoms with van der Waals surface area (Å²) in [6.07, 6.45) is 2.23. The van der Waals surface area contributed by atoms with E-state index >= 15 is 0 Å². The minimum Gasteiger partial charge on any atom is -0.480 e. The number of rotatable bonds is 7. The molecule has 0 aliphatic heterocycles. The van der Waals surface area contributed by atoms with Crippen molar-refractivity contribution in [2.45, 2.75) is 46.5 Å². The van der Waals surface area contributed by atoms with Crippen LogP contribution in [0.4, 0.5) is 0 Å². The molecule has 0 aromatic heterocycles. The molecule has 0 radical (unpaired) electrons. The molecule has 0 heterocycles. The van der Waals surface area contributed by atoms with Gasteiger partial charge in [0.05, 0.1) is 6.61 Å². The molecule has 0 atom stereocenters. The number of unbranched alkanes of at least 4 members (excludes halogenated alkanes) is 1. The topological polar surface area (TPSA) is 63.6 Å². The molecule has 88 valence electrons. The summed E-state index contributed by atoms with van der Waals surface area (Å²) < 4.78 is 4.97. The van der Waals surface area contributed by atoms with Crippen molar-refractivity contribution in [1.82, 2.24) is 0 Å². The number of hydrogen-bond acceptors (Lipinski definition) is 3. The maximum atomic E-state index is 11.6. The Hall–Kier alpha value is -1.06. The molecule has 0 aromatic carbocycles. The van der Waals surface area contributed by atoms with Crippen LogP contribution in [0.15, 0.2) is 0 Å². The molecule has 0 aliphatic rings. The molecule has 0 aliphatic carbocycles. The van der Waals surface area contributed by atoms with Crippen molar-refractivity contribution in [2.75, 3.05) is 6.61 Å². The summed E-state index contributed by atoms with van der Waals surface area (Å²) in [6, 6.07) is 0. The Morgan fingerprint density at radius 1 is 1.20 bits per heavy atom. The van der Waals surface area contributed by atoms with E-state index in [-0.39, 0.29) is 12.8 Å². The van der Waals surface area contributed by atoms with Crippen molar-refractivity contribution >= 4 is 11.9 Å². The summed E-state index contributed by atoms with van der Waals surface area (Å²) in [7, 11) is 0. The van der Waals surface area contributed by atoms with Gasteiger partial charge in [0.1, 0.15) is 0 Å². The van der Waals surface area contributed by atoms with Crippen molar-refractivity contribution in [1.29, 1.82) is 0 Å². The predicted octanol–water partition coefficient (Wildman–Crippen LogP) is 2.22. The number of carbonyl (C=O) groups excluding carboxylic acids is 1. The molecule has 1 N–H and O–H groups in total. The van der Waals surface area contributed by atoms with Crippen LogP contribution in [-0.4, -0.2) is 23.7 Å². The molecular formula is C11H20O4. The second-order valence-corrected chi connectivity index (χ2v) is 3.58. The Morgan fingerprint density at radius 3 is 2.07 bits per heavy atom. The molecule has 0 bridgehead atoms. The van der Waals surface area contributed by atoms with E-state index in [0.717, 1.165) is 12.8 Å². The van der Waals surface area contributed by atoms with Gasteiger partial charge in [0.15, 0.2) is 5.41 Å². The lowest BCUT2D eigenvalue weighted by molar-refractivity contribution is -0.169. The quantitative estimate of drug-likeness (QED) is 0.402. The standard InChI is InChI=1S/C11H20O4/c1-4-7-8-15-10(14)11(5-2,6-3)9(12)13/h4-8H2,1-3H3,(H,12,13). The van der Waals surface area contributed by atoms with Crippen LogP contribution in [0.2, 0.25) is 0 Å². The lowest BCUT2D eigenvalue weighted by Crippen LogP contribution is -2.39. The first-order valence-electron chi connectivity index (χ1n) is 5.45. The molecule has 0 saturated carbocycles. The van der Waals surface area contributed by atoms with Gasteiger partial charge < -0.3 is 9.84 Å². The second kappa shape index (κ2) is 6.43. The van der Waals surface area contributed by atoms with Gasteiger partial charge >= 0.3 is 11.9 Å². The van der Waals surface area contributed by atoms with Gasteiger partial charge in [-0.25, -0.2) is 0 Å². The maximum Gasteiger partial charge on any atom is 0.323 e. The second-order valence-electron chi connectivity index (χ2n) is 3.58. The molecule has 0 rings (SSSR count). The van der Waals surface area contributed by atoms with Gasteiger partial charge in [0, 0.05) is 0 Å². The average Bonchev–Trinajstić information content (AvgIpc) is 2.20. The Kier molecular flexibility index (Phi) is 5.97. The fraction of sp³-hybridized carbons (Fsp3) is 0.818. The molecule has 15 heavy (non-hydrogen) atoms. The zero-order chi connectivity index (χ0) is 11.9. The Balaban J connectivity index is 4.49. The van der Waals surface area contributed by atoms with Crippen molar-refractivity contribution in [3.05, 3.63) is 0 Å². The maximum absolute atomic E-state index is 11.6. The van der Waals surface area contributed by atoms with Crippen LogP contribution in [0.5, 0.6) is 0 Å². The molecule has 0 aromatic rings. The lowest BCUT2D eigenvalue weighted by atomic mass is 9.82. The Morgan fingerprint density at radius 2 is 1.73 bits per heavy atom. The average molecular weight is 216 g/mol. The number of carboxylic acid groups (broad SMARTS) is 1. The normalized spacial score (nSPS) is 11.1. The largest absolute Gasteiger partial charge is 0.480 e. The third-order valence-electron chi connectivity index (χ3n) is 2.74. The highest BCUT2D eigenvalue weighted by Crippen LogP contribution is 2.28. The highest BCUT2D eigenvalue weighted by atomic mass is 16.5. The van der Waals surface area contributed by atoms with E-state index in [2.05, 4.69) is 0 Å². The number of aliphatic carboxylic acids is 1. The zero-order valence-corrected chi connectivity index (χ0v) is 9.71. The lowest BCUT2D eigenvalue weighted by Gasteiger charge is -2.24. The number of esters is 1. The first-order chi connectivity index (χ1) is 7.05. The van der Waals surface area contributed by atoms with Gasteiger partial charge in [-0.2, -0.15) is 0 Å². The minimum atomic E-state index is -1.35. The summed E-state index contributed by atoms with van der Waals surface area (Å²) >= 11 is 0. The highest BCUT2D eigenvalue weighted by molar-refractivity contribution is 5.99. The molecule has 4 nitrogen and oxygen atoms in total. The van der Waals surface area contributed by atoms with E-state index in [0.29, 0.717) is 6.61 Å². The highest BCUT2D eigenvalue weighted by Gasteiger charge is 2.44. The van der Waals surface area contributed by atoms with E-state index in [1.54, 1.807) is 13.8 Å². The van der Waals surface area contributed by atoms with Crippen LogP contribution in [0.3, 0.4) is 0 Å². The van der Waals surface area contributed by atoms with Gasteiger partial charge in [-0.05, 0) is 19.3 Å². The minimum absolute atomic E-state index is 0.268.